The number of aromatic nitrogens is 3. The molecule has 1 saturated carbocycles. The van der Waals surface area contributed by atoms with Crippen molar-refractivity contribution in [2.75, 3.05) is 69.7 Å². The predicted octanol–water partition coefficient (Wildman–Crippen LogP) is 6.04. The number of aliphatic hydroxyl groups is 1. The normalized spacial score (nSPS) is 20.8. The number of primary amides is 1. The largest absolute Gasteiger partial charge is 0.493 e. The van der Waals surface area contributed by atoms with Gasteiger partial charge < -0.3 is 56.0 Å². The van der Waals surface area contributed by atoms with Crippen LogP contribution in [0.5, 0.6) is 5.75 Å². The van der Waals surface area contributed by atoms with Gasteiger partial charge in [0.1, 0.15) is 23.7 Å². The van der Waals surface area contributed by atoms with Crippen molar-refractivity contribution in [3.8, 4) is 16.2 Å². The second-order valence-electron chi connectivity index (χ2n) is 22.9. The van der Waals surface area contributed by atoms with E-state index in [1.54, 1.807) is 37.4 Å². The molecule has 0 bridgehead atoms. The Bertz CT molecular complexity index is 2890. The van der Waals surface area contributed by atoms with Crippen molar-refractivity contribution in [1.29, 1.82) is 0 Å². The molecule has 0 unspecified atom stereocenters. The van der Waals surface area contributed by atoms with Crippen LogP contribution in [0.3, 0.4) is 0 Å². The number of amides is 7. The summed E-state index contributed by atoms with van der Waals surface area (Å²) in [5, 5.41) is 19.5. The number of carbonyl (C=O) groups is 6. The van der Waals surface area contributed by atoms with Gasteiger partial charge in [-0.25, -0.2) is 24.1 Å². The van der Waals surface area contributed by atoms with Gasteiger partial charge in [0.05, 0.1) is 41.0 Å². The number of likely N-dealkylation sites (N-methyl/N-ethyl adjacent to an activating group) is 1. The first-order valence-corrected chi connectivity index (χ1v) is 28.6. The number of urea groups is 1. The zero-order valence-electron chi connectivity index (χ0n) is 46.0. The Balaban J connectivity index is 0.733. The Labute approximate surface area is 465 Å². The summed E-state index contributed by atoms with van der Waals surface area (Å²) >= 11 is 1.52. The molecule has 0 spiro atoms. The van der Waals surface area contributed by atoms with Crippen LogP contribution in [0.15, 0.2) is 54.2 Å². The number of halogens is 1. The Hall–Kier alpha value is -6.94. The maximum Gasteiger partial charge on any atom is 0.320 e. The molecule has 0 radical (unpaired) electrons. The fourth-order valence-corrected chi connectivity index (χ4v) is 11.9. The SMILES string of the molecule is Cc1ncsc1-c1ccc(CNC(=O)[C@@H]2C[C@@H](O)CN2C(=O)[C@@H](NC(=O)C2(F)CC2)C(C)(C)C)c(OCCCCCC(=O)N2CCC(c3ccc(Nc4nc(N5CCC[C@@H](N6CCN(C)C6=O)C5)cnc4C(N)=O)cc3)CC2)c1. The minimum Gasteiger partial charge on any atom is -0.493 e. The molecule has 2 aromatic heterocycles. The first-order chi connectivity index (χ1) is 37.8. The van der Waals surface area contributed by atoms with Gasteiger partial charge in [-0.1, -0.05) is 45.0 Å². The monoisotopic (exact) mass is 1110 g/mol. The van der Waals surface area contributed by atoms with E-state index >= 15 is 0 Å². The van der Waals surface area contributed by atoms with E-state index in [0.29, 0.717) is 75.7 Å². The molecule has 79 heavy (non-hydrogen) atoms. The van der Waals surface area contributed by atoms with Gasteiger partial charge >= 0.3 is 6.03 Å². The molecule has 4 aromatic rings. The van der Waals surface area contributed by atoms with Crippen LogP contribution in [0.1, 0.15) is 125 Å². The van der Waals surface area contributed by atoms with Gasteiger partial charge in [-0.15, -0.1) is 11.3 Å². The topological polar surface area (TPSA) is 249 Å². The van der Waals surface area contributed by atoms with Crippen LogP contribution in [-0.4, -0.2) is 165 Å². The summed E-state index contributed by atoms with van der Waals surface area (Å²) in [6.07, 6.45) is 6.91. The third-order valence-electron chi connectivity index (χ3n) is 16.1. The molecule has 6 N–H and O–H groups in total. The van der Waals surface area contributed by atoms with Crippen LogP contribution in [0.25, 0.3) is 10.4 Å². The smallest absolute Gasteiger partial charge is 0.320 e. The van der Waals surface area contributed by atoms with Gasteiger partial charge in [-0.05, 0) is 105 Å². The number of unbranched alkanes of at least 4 members (excludes halogenated alkanes) is 2. The van der Waals surface area contributed by atoms with Crippen molar-refractivity contribution < 1.29 is 43.0 Å². The number of rotatable bonds is 20. The number of aliphatic hydroxyl groups excluding tert-OH is 1. The third kappa shape index (κ3) is 13.4. The maximum absolute atomic E-state index is 14.7. The van der Waals surface area contributed by atoms with Crippen LogP contribution in [0.4, 0.5) is 26.5 Å². The second kappa shape index (κ2) is 24.2. The minimum absolute atomic E-state index is 0.0125. The lowest BCUT2D eigenvalue weighted by molar-refractivity contribution is -0.145. The molecule has 4 atom stereocenters. The number of nitrogens with zero attached hydrogens (tertiary/aromatic N) is 8. The van der Waals surface area contributed by atoms with Crippen molar-refractivity contribution in [1.82, 2.24) is 45.2 Å². The molecule has 2 aromatic carbocycles. The number of hydrogen-bond acceptors (Lipinski definition) is 14. The van der Waals surface area contributed by atoms with Gasteiger partial charge in [0, 0.05) is 83.5 Å². The quantitative estimate of drug-likeness (QED) is 0.0634. The Morgan fingerprint density at radius 2 is 1.72 bits per heavy atom. The molecular weight excluding hydrogens is 1030 g/mol. The summed E-state index contributed by atoms with van der Waals surface area (Å²) in [6.45, 7) is 11.7. The molecule has 22 heteroatoms. The van der Waals surface area contributed by atoms with Crippen molar-refractivity contribution in [2.24, 2.45) is 11.1 Å². The highest BCUT2D eigenvalue weighted by Crippen LogP contribution is 2.41. The van der Waals surface area contributed by atoms with E-state index in [4.69, 9.17) is 15.5 Å². The van der Waals surface area contributed by atoms with Crippen LogP contribution in [0.2, 0.25) is 0 Å². The average molecular weight is 1110 g/mol. The molecule has 5 aliphatic rings. The van der Waals surface area contributed by atoms with E-state index in [1.165, 1.54) is 21.8 Å². The summed E-state index contributed by atoms with van der Waals surface area (Å²) < 4.78 is 21.1. The number of nitrogens with one attached hydrogen (secondary N) is 3. The van der Waals surface area contributed by atoms with Crippen molar-refractivity contribution >= 4 is 64.2 Å². The minimum atomic E-state index is -1.98. The highest BCUT2D eigenvalue weighted by Gasteiger charge is 2.53. The number of ether oxygens (including phenoxy) is 1. The molecule has 1 aliphatic carbocycles. The van der Waals surface area contributed by atoms with E-state index in [2.05, 4.69) is 43.0 Å². The summed E-state index contributed by atoms with van der Waals surface area (Å²) in [4.78, 5) is 103. The Morgan fingerprint density at radius 1 is 0.962 bits per heavy atom. The molecule has 4 saturated heterocycles. The summed E-state index contributed by atoms with van der Waals surface area (Å²) in [7, 11) is 1.82. The zero-order valence-corrected chi connectivity index (χ0v) is 46.8. The van der Waals surface area contributed by atoms with Gasteiger partial charge in [-0.3, -0.25) is 24.0 Å². The lowest BCUT2D eigenvalue weighted by Crippen LogP contribution is -2.59. The number of alkyl halides is 1. The van der Waals surface area contributed by atoms with Gasteiger partial charge in [0.2, 0.25) is 17.7 Å². The van der Waals surface area contributed by atoms with E-state index < -0.39 is 52.9 Å². The van der Waals surface area contributed by atoms with E-state index in [1.807, 2.05) is 54.1 Å². The lowest BCUT2D eigenvalue weighted by atomic mass is 9.85. The number of piperidine rings is 2. The molecule has 6 heterocycles. The molecule has 424 valence electrons. The van der Waals surface area contributed by atoms with Crippen LogP contribution in [-0.2, 0) is 25.7 Å². The number of hydrogen-bond donors (Lipinski definition) is 5. The molecule has 7 amide bonds. The molecule has 4 aliphatic heterocycles. The average Bonchev–Trinajstić information content (AvgIpc) is 3.90. The first kappa shape index (κ1) is 56.8. The van der Waals surface area contributed by atoms with Gasteiger partial charge in [0.25, 0.3) is 11.8 Å². The standard InChI is InChI=1S/C57H75FN12O8S/c1-35-48(79-34-62-35)38-12-13-39(30-61-52(74)43-29-42(71)33-70(43)53(75)49(56(2,3)4)65-54(76)57(58)20-21-57)44(28-38)78-27-8-6-7-11-46(72)67-23-18-37(19-24-67)36-14-16-40(17-15-36)63-51-47(50(59)73)60-31-45(64-51)68-22-9-10-41(32-68)69-26-25-66(5)55(69)77/h12-17,28,31,34,37,41-43,49,71H,6-11,18-27,29-30,32-33H2,1-5H3,(H2,59,73)(H,61,74)(H,63,64)(H,65,76)/t41-,42-,43+,49-/m1/s1. The fraction of sp³-hybridized carbons (Fsp3) is 0.561. The number of aryl methyl sites for hydroxylation is 1. The van der Waals surface area contributed by atoms with Crippen LogP contribution >= 0.6 is 11.3 Å². The summed E-state index contributed by atoms with van der Waals surface area (Å²) in [5.74, 6) is -0.667. The number of β-amino-alcohol motifs (C(OH)–C–C–N with tert-alkyl or cyclic N) is 1. The highest BCUT2D eigenvalue weighted by molar-refractivity contribution is 7.13. The second-order valence-corrected chi connectivity index (χ2v) is 23.8. The number of thiazole rings is 1. The van der Waals surface area contributed by atoms with E-state index in [9.17, 15) is 38.3 Å². The van der Waals surface area contributed by atoms with Crippen LogP contribution < -0.4 is 31.3 Å². The Kier molecular flexibility index (Phi) is 17.4. The number of likely N-dealkylation sites (tertiary alicyclic amines) is 2. The highest BCUT2D eigenvalue weighted by atomic mass is 32.1. The first-order valence-electron chi connectivity index (χ1n) is 27.8. The molecule has 20 nitrogen and oxygen atoms in total. The summed E-state index contributed by atoms with van der Waals surface area (Å²) in [5.41, 5.74) is 9.19. The van der Waals surface area contributed by atoms with Gasteiger partial charge in [0.15, 0.2) is 17.2 Å². The van der Waals surface area contributed by atoms with E-state index in [-0.39, 0.29) is 67.8 Å². The molecule has 5 fully saturated rings. The van der Waals surface area contributed by atoms with Crippen molar-refractivity contribution in [3.63, 3.8) is 0 Å². The lowest BCUT2D eigenvalue weighted by Gasteiger charge is -2.37. The van der Waals surface area contributed by atoms with E-state index in [0.717, 1.165) is 60.5 Å². The summed E-state index contributed by atoms with van der Waals surface area (Å²) in [6, 6.07) is 11.8. The molecule has 9 rings (SSSR count). The third-order valence-corrected chi connectivity index (χ3v) is 17.0. The predicted molar refractivity (Wildman–Crippen MR) is 297 cm³/mol. The van der Waals surface area contributed by atoms with Crippen molar-refractivity contribution in [2.45, 2.75) is 141 Å². The molecular formula is C57H75FN12O8S. The number of carbonyl (C=O) groups excluding carboxylic acids is 6. The van der Waals surface area contributed by atoms with Gasteiger partial charge in [-0.2, -0.15) is 0 Å². The Morgan fingerprint density at radius 3 is 2.39 bits per heavy atom. The van der Waals surface area contributed by atoms with Crippen molar-refractivity contribution in [3.05, 3.63) is 76.7 Å². The fourth-order valence-electron chi connectivity index (χ4n) is 11.1. The number of nitrogens with two attached hydrogens (primary N) is 1. The van der Waals surface area contributed by atoms with Crippen LogP contribution in [0, 0.1) is 12.3 Å². The number of anilines is 3. The number of benzene rings is 2. The maximum atomic E-state index is 14.7. The zero-order chi connectivity index (χ0) is 56.2.